The molecule has 0 rings (SSSR count). The average Bonchev–Trinajstić information content (AvgIpc) is 2.34. The topological polar surface area (TPSA) is 12.0 Å². The molecule has 0 aromatic heterocycles. The second kappa shape index (κ2) is 8.63. The number of rotatable bonds is 8. The summed E-state index contributed by atoms with van der Waals surface area (Å²) in [7, 11) is 0. The van der Waals surface area contributed by atoms with Gasteiger partial charge in [0, 0.05) is 5.70 Å². The molecular formula is C16H25N. The van der Waals surface area contributed by atoms with E-state index in [9.17, 15) is 0 Å². The highest BCUT2D eigenvalue weighted by molar-refractivity contribution is 5.27. The van der Waals surface area contributed by atoms with Crippen molar-refractivity contribution in [3.8, 4) is 0 Å². The Morgan fingerprint density at radius 2 is 2.00 bits per heavy atom. The van der Waals surface area contributed by atoms with Crippen LogP contribution >= 0.6 is 0 Å². The van der Waals surface area contributed by atoms with Crippen LogP contribution in [0.1, 0.15) is 33.6 Å². The first-order valence-corrected chi connectivity index (χ1v) is 6.11. The quantitative estimate of drug-likeness (QED) is 0.478. The molecule has 1 heteroatoms. The van der Waals surface area contributed by atoms with Crippen LogP contribution in [0.4, 0.5) is 0 Å². The van der Waals surface area contributed by atoms with Crippen molar-refractivity contribution in [2.75, 3.05) is 0 Å². The molecule has 0 spiro atoms. The molecule has 94 valence electrons. The summed E-state index contributed by atoms with van der Waals surface area (Å²) in [4.78, 5) is 0. The summed E-state index contributed by atoms with van der Waals surface area (Å²) in [6.07, 6.45) is 9.84. The third-order valence-electron chi connectivity index (χ3n) is 2.80. The van der Waals surface area contributed by atoms with Crippen LogP contribution in [0.25, 0.3) is 0 Å². The summed E-state index contributed by atoms with van der Waals surface area (Å²) >= 11 is 0. The fourth-order valence-electron chi connectivity index (χ4n) is 1.52. The lowest BCUT2D eigenvalue weighted by Gasteiger charge is -2.19. The number of hydrogen-bond donors (Lipinski definition) is 1. The maximum Gasteiger partial charge on any atom is 0.0505 e. The first-order valence-electron chi connectivity index (χ1n) is 6.11. The van der Waals surface area contributed by atoms with Gasteiger partial charge in [0.2, 0.25) is 0 Å². The Balaban J connectivity index is 4.66. The van der Waals surface area contributed by atoms with Gasteiger partial charge in [-0.3, -0.25) is 0 Å². The van der Waals surface area contributed by atoms with Gasteiger partial charge >= 0.3 is 0 Å². The summed E-state index contributed by atoms with van der Waals surface area (Å²) in [5.41, 5.74) is 3.42. The molecule has 0 aromatic rings. The molecule has 0 saturated heterocycles. The van der Waals surface area contributed by atoms with E-state index in [1.807, 2.05) is 25.2 Å². The van der Waals surface area contributed by atoms with Crippen molar-refractivity contribution in [1.29, 1.82) is 0 Å². The Hall–Kier alpha value is -1.50. The fourth-order valence-corrected chi connectivity index (χ4v) is 1.52. The van der Waals surface area contributed by atoms with Gasteiger partial charge in [-0.05, 0) is 38.3 Å². The average molecular weight is 231 g/mol. The van der Waals surface area contributed by atoms with Crippen molar-refractivity contribution in [1.82, 2.24) is 5.32 Å². The van der Waals surface area contributed by atoms with Crippen LogP contribution in [-0.4, -0.2) is 6.04 Å². The normalized spacial score (nSPS) is 14.1. The minimum atomic E-state index is 0.282. The monoisotopic (exact) mass is 231 g/mol. The maximum atomic E-state index is 4.03. The summed E-state index contributed by atoms with van der Waals surface area (Å²) in [5.74, 6) is 0. The van der Waals surface area contributed by atoms with E-state index in [0.29, 0.717) is 0 Å². The predicted molar refractivity (Wildman–Crippen MR) is 78.9 cm³/mol. The van der Waals surface area contributed by atoms with Gasteiger partial charge < -0.3 is 5.32 Å². The minimum Gasteiger partial charge on any atom is -0.379 e. The molecule has 0 fully saturated rings. The van der Waals surface area contributed by atoms with Crippen LogP contribution in [0.5, 0.6) is 0 Å². The van der Waals surface area contributed by atoms with Crippen molar-refractivity contribution in [2.24, 2.45) is 0 Å². The van der Waals surface area contributed by atoms with E-state index in [4.69, 9.17) is 0 Å². The van der Waals surface area contributed by atoms with E-state index in [2.05, 4.69) is 45.0 Å². The Morgan fingerprint density at radius 1 is 1.35 bits per heavy atom. The Bertz CT molecular complexity index is 331. The van der Waals surface area contributed by atoms with Crippen LogP contribution in [0.3, 0.4) is 0 Å². The van der Waals surface area contributed by atoms with Gasteiger partial charge in [0.1, 0.15) is 0 Å². The van der Waals surface area contributed by atoms with E-state index in [1.165, 1.54) is 11.1 Å². The van der Waals surface area contributed by atoms with E-state index >= 15 is 0 Å². The van der Waals surface area contributed by atoms with E-state index < -0.39 is 0 Å². The van der Waals surface area contributed by atoms with Crippen molar-refractivity contribution < 1.29 is 0 Å². The molecule has 0 aromatic carbocycles. The zero-order valence-electron chi connectivity index (χ0n) is 11.4. The molecule has 0 aliphatic heterocycles. The Kier molecular flexibility index (Phi) is 7.87. The van der Waals surface area contributed by atoms with Gasteiger partial charge in [0.25, 0.3) is 0 Å². The highest BCUT2D eigenvalue weighted by Crippen LogP contribution is 2.10. The van der Waals surface area contributed by atoms with E-state index in [-0.39, 0.29) is 6.04 Å². The SMILES string of the molecule is C=CCC(NC(=C)/C=C(/C=C)CC)/C(C)=C/C. The number of hydrogen-bond acceptors (Lipinski definition) is 1. The van der Waals surface area contributed by atoms with Gasteiger partial charge in [-0.15, -0.1) is 6.58 Å². The number of nitrogens with one attached hydrogen (secondary N) is 1. The smallest absolute Gasteiger partial charge is 0.0505 e. The van der Waals surface area contributed by atoms with Crippen LogP contribution in [0.15, 0.2) is 60.9 Å². The zero-order valence-corrected chi connectivity index (χ0v) is 11.4. The first kappa shape index (κ1) is 15.5. The molecule has 0 radical (unpaired) electrons. The van der Waals surface area contributed by atoms with E-state index in [1.54, 1.807) is 0 Å². The molecule has 1 nitrogen and oxygen atoms in total. The largest absolute Gasteiger partial charge is 0.379 e. The standard InChI is InChI=1S/C16H25N/c1-7-11-16(13(5)8-2)17-14(6)12-15(9-3)10-4/h7-9,12,16-17H,1,3,6,10-11H2,2,4-5H3/b13-8+,15-12-. The molecule has 1 unspecified atom stereocenters. The molecule has 0 saturated carbocycles. The molecule has 1 atom stereocenters. The molecule has 0 aliphatic carbocycles. The van der Waals surface area contributed by atoms with Crippen LogP contribution in [0, 0.1) is 0 Å². The highest BCUT2D eigenvalue weighted by atomic mass is 14.9. The van der Waals surface area contributed by atoms with Crippen molar-refractivity contribution >= 4 is 0 Å². The molecule has 0 aliphatic rings. The molecule has 1 N–H and O–H groups in total. The zero-order chi connectivity index (χ0) is 13.3. The van der Waals surface area contributed by atoms with Gasteiger partial charge in [-0.25, -0.2) is 0 Å². The third kappa shape index (κ3) is 5.96. The fraction of sp³-hybridized carbons (Fsp3) is 0.375. The lowest BCUT2D eigenvalue weighted by atomic mass is 10.0. The van der Waals surface area contributed by atoms with Gasteiger partial charge in [0.15, 0.2) is 0 Å². The second-order valence-corrected chi connectivity index (χ2v) is 4.06. The Morgan fingerprint density at radius 3 is 2.41 bits per heavy atom. The summed E-state index contributed by atoms with van der Waals surface area (Å²) in [6, 6.07) is 0.282. The van der Waals surface area contributed by atoms with Crippen molar-refractivity contribution in [2.45, 2.75) is 39.7 Å². The predicted octanol–water partition coefficient (Wildman–Crippen LogP) is 4.52. The minimum absolute atomic E-state index is 0.282. The molecular weight excluding hydrogens is 206 g/mol. The third-order valence-corrected chi connectivity index (χ3v) is 2.80. The molecule has 0 bridgehead atoms. The van der Waals surface area contributed by atoms with Crippen LogP contribution in [0.2, 0.25) is 0 Å². The van der Waals surface area contributed by atoms with Gasteiger partial charge in [-0.1, -0.05) is 43.9 Å². The maximum absolute atomic E-state index is 4.03. The molecule has 17 heavy (non-hydrogen) atoms. The first-order chi connectivity index (χ1) is 8.08. The lowest BCUT2D eigenvalue weighted by Crippen LogP contribution is -2.28. The van der Waals surface area contributed by atoms with E-state index in [0.717, 1.165) is 18.5 Å². The summed E-state index contributed by atoms with van der Waals surface area (Å²) < 4.78 is 0. The van der Waals surface area contributed by atoms with Gasteiger partial charge in [0.05, 0.1) is 6.04 Å². The van der Waals surface area contributed by atoms with Crippen LogP contribution in [-0.2, 0) is 0 Å². The lowest BCUT2D eigenvalue weighted by molar-refractivity contribution is 0.655. The molecule has 0 heterocycles. The van der Waals surface area contributed by atoms with Crippen molar-refractivity contribution in [3.05, 3.63) is 60.9 Å². The highest BCUT2D eigenvalue weighted by Gasteiger charge is 2.07. The van der Waals surface area contributed by atoms with Crippen molar-refractivity contribution in [3.63, 3.8) is 0 Å². The summed E-state index contributed by atoms with van der Waals surface area (Å²) in [5, 5.41) is 3.41. The summed E-state index contributed by atoms with van der Waals surface area (Å²) in [6.45, 7) is 17.9. The van der Waals surface area contributed by atoms with Crippen LogP contribution < -0.4 is 5.32 Å². The second-order valence-electron chi connectivity index (χ2n) is 4.06. The molecule has 0 amide bonds. The number of allylic oxidation sites excluding steroid dienone is 4. The Labute approximate surface area is 106 Å². The van der Waals surface area contributed by atoms with Gasteiger partial charge in [-0.2, -0.15) is 0 Å².